The highest BCUT2D eigenvalue weighted by atomic mass is 19.4. The van der Waals surface area contributed by atoms with Gasteiger partial charge in [-0.3, -0.25) is 0 Å². The zero-order valence-electron chi connectivity index (χ0n) is 16.8. The molecule has 3 aromatic heterocycles. The molecule has 0 fully saturated rings. The van der Waals surface area contributed by atoms with Crippen LogP contribution in [-0.2, 0) is 13.2 Å². The molecule has 0 amide bonds. The van der Waals surface area contributed by atoms with Crippen molar-refractivity contribution in [3.05, 3.63) is 59.9 Å². The molecular weight excluding hydrogens is 415 g/mol. The minimum Gasteiger partial charge on any atom is -0.497 e. The summed E-state index contributed by atoms with van der Waals surface area (Å²) in [5.74, 6) is 0.682. The standard InChI is InChI=1S/C19H18F3N7O2/c1-28-7-6-23-17(28)16(11-8-12(30-2)10-13(9-11)31-3)24-14-4-5-15-25-26-18(19(20,21)22)29(15)27-14/h4-10,16H,1-3H3,(H,24,27)/t16-/m1/s1. The van der Waals surface area contributed by atoms with E-state index in [1.807, 2.05) is 7.05 Å². The van der Waals surface area contributed by atoms with Gasteiger partial charge in [-0.05, 0) is 29.8 Å². The third-order valence-electron chi connectivity index (χ3n) is 4.63. The quantitative estimate of drug-likeness (QED) is 0.500. The van der Waals surface area contributed by atoms with Crippen LogP contribution in [0.5, 0.6) is 11.5 Å². The van der Waals surface area contributed by atoms with E-state index in [0.29, 0.717) is 27.4 Å². The third-order valence-corrected chi connectivity index (χ3v) is 4.63. The van der Waals surface area contributed by atoms with Gasteiger partial charge in [-0.25, -0.2) is 4.98 Å². The highest BCUT2D eigenvalue weighted by molar-refractivity contribution is 5.49. The van der Waals surface area contributed by atoms with Gasteiger partial charge in [0.15, 0.2) is 5.65 Å². The fourth-order valence-corrected chi connectivity index (χ4v) is 3.14. The van der Waals surface area contributed by atoms with E-state index in [0.717, 1.165) is 0 Å². The molecule has 0 radical (unpaired) electrons. The van der Waals surface area contributed by atoms with E-state index in [1.54, 1.807) is 35.2 Å². The normalized spacial score (nSPS) is 12.7. The maximum absolute atomic E-state index is 13.2. The SMILES string of the molecule is COc1cc(OC)cc([C@@H](Nc2ccc3nnc(C(F)(F)F)n3n2)c2nccn2C)c1. The van der Waals surface area contributed by atoms with Gasteiger partial charge in [0.2, 0.25) is 0 Å². The summed E-state index contributed by atoms with van der Waals surface area (Å²) < 4.78 is 52.8. The van der Waals surface area contributed by atoms with Crippen molar-refractivity contribution in [2.75, 3.05) is 19.5 Å². The molecule has 0 aliphatic heterocycles. The van der Waals surface area contributed by atoms with Crippen LogP contribution in [-0.4, -0.2) is 43.6 Å². The molecule has 1 aromatic carbocycles. The minimum absolute atomic E-state index is 0.0190. The summed E-state index contributed by atoms with van der Waals surface area (Å²) in [6.07, 6.45) is -1.30. The largest absolute Gasteiger partial charge is 0.497 e. The Hall–Kier alpha value is -3.83. The number of aryl methyl sites for hydroxylation is 1. The molecule has 0 bridgehead atoms. The minimum atomic E-state index is -4.69. The van der Waals surface area contributed by atoms with Gasteiger partial charge in [-0.1, -0.05) is 0 Å². The first kappa shape index (κ1) is 20.4. The van der Waals surface area contributed by atoms with Crippen molar-refractivity contribution in [1.29, 1.82) is 0 Å². The van der Waals surface area contributed by atoms with Gasteiger partial charge < -0.3 is 19.4 Å². The van der Waals surface area contributed by atoms with Crippen LogP contribution >= 0.6 is 0 Å². The first-order valence-electron chi connectivity index (χ1n) is 9.06. The molecular formula is C19H18F3N7O2. The molecule has 9 nitrogen and oxygen atoms in total. The number of imidazole rings is 1. The van der Waals surface area contributed by atoms with Crippen LogP contribution in [0.2, 0.25) is 0 Å². The Morgan fingerprint density at radius 1 is 1.03 bits per heavy atom. The molecule has 0 aliphatic rings. The predicted octanol–water partition coefficient (Wildman–Crippen LogP) is 3.10. The van der Waals surface area contributed by atoms with E-state index in [2.05, 4.69) is 25.6 Å². The van der Waals surface area contributed by atoms with Crippen LogP contribution in [0.3, 0.4) is 0 Å². The highest BCUT2D eigenvalue weighted by Crippen LogP contribution is 2.32. The summed E-state index contributed by atoms with van der Waals surface area (Å²) in [5.41, 5.74) is 0.696. The summed E-state index contributed by atoms with van der Waals surface area (Å²) in [4.78, 5) is 4.39. The number of nitrogens with zero attached hydrogens (tertiary/aromatic N) is 6. The van der Waals surface area contributed by atoms with Gasteiger partial charge in [0.25, 0.3) is 5.82 Å². The zero-order valence-corrected chi connectivity index (χ0v) is 16.8. The summed E-state index contributed by atoms with van der Waals surface area (Å²) in [7, 11) is 4.87. The molecule has 31 heavy (non-hydrogen) atoms. The number of alkyl halides is 3. The molecule has 0 saturated carbocycles. The number of hydrogen-bond acceptors (Lipinski definition) is 7. The molecule has 1 atom stereocenters. The Morgan fingerprint density at radius 2 is 1.74 bits per heavy atom. The first-order valence-corrected chi connectivity index (χ1v) is 9.06. The van der Waals surface area contributed by atoms with Crippen LogP contribution in [0, 0.1) is 0 Å². The van der Waals surface area contributed by atoms with Crippen molar-refractivity contribution in [2.24, 2.45) is 7.05 Å². The summed E-state index contributed by atoms with van der Waals surface area (Å²) in [6, 6.07) is 7.65. The lowest BCUT2D eigenvalue weighted by Crippen LogP contribution is -2.19. The Kier molecular flexibility index (Phi) is 5.13. The van der Waals surface area contributed by atoms with Crippen molar-refractivity contribution in [2.45, 2.75) is 12.2 Å². The van der Waals surface area contributed by atoms with Crippen molar-refractivity contribution < 1.29 is 22.6 Å². The number of aromatic nitrogens is 6. The van der Waals surface area contributed by atoms with Crippen molar-refractivity contribution >= 4 is 11.5 Å². The van der Waals surface area contributed by atoms with E-state index in [4.69, 9.17) is 9.47 Å². The van der Waals surface area contributed by atoms with Crippen molar-refractivity contribution in [3.8, 4) is 11.5 Å². The maximum Gasteiger partial charge on any atom is 0.453 e. The number of rotatable bonds is 6. The second kappa shape index (κ2) is 7.78. The topological polar surface area (TPSA) is 91.4 Å². The van der Waals surface area contributed by atoms with E-state index in [1.165, 1.54) is 26.4 Å². The molecule has 12 heteroatoms. The summed E-state index contributed by atoms with van der Waals surface area (Å²) >= 11 is 0. The number of nitrogens with one attached hydrogen (secondary N) is 1. The fraction of sp³-hybridized carbons (Fsp3) is 0.263. The lowest BCUT2D eigenvalue weighted by atomic mass is 10.0. The number of halogens is 3. The van der Waals surface area contributed by atoms with E-state index >= 15 is 0 Å². The molecule has 4 rings (SSSR count). The van der Waals surface area contributed by atoms with Crippen molar-refractivity contribution in [3.63, 3.8) is 0 Å². The van der Waals surface area contributed by atoms with Crippen molar-refractivity contribution in [1.82, 2.24) is 29.4 Å². The monoisotopic (exact) mass is 433 g/mol. The summed E-state index contributed by atoms with van der Waals surface area (Å²) in [5, 5.41) is 13.9. The van der Waals surface area contributed by atoms with Gasteiger partial charge in [0, 0.05) is 25.5 Å². The molecule has 162 valence electrons. The number of hydrogen-bond donors (Lipinski definition) is 1. The second-order valence-corrected chi connectivity index (χ2v) is 6.63. The van der Waals surface area contributed by atoms with Gasteiger partial charge >= 0.3 is 6.18 Å². The Labute approximate surface area is 174 Å². The lowest BCUT2D eigenvalue weighted by molar-refractivity contribution is -0.146. The van der Waals surface area contributed by atoms with E-state index in [9.17, 15) is 13.2 Å². The molecule has 0 aliphatic carbocycles. The van der Waals surface area contributed by atoms with E-state index < -0.39 is 18.0 Å². The Morgan fingerprint density at radius 3 is 2.32 bits per heavy atom. The van der Waals surface area contributed by atoms with Crippen LogP contribution in [0.4, 0.5) is 19.0 Å². The molecule has 3 heterocycles. The Balaban J connectivity index is 1.80. The first-order chi connectivity index (χ1) is 14.8. The average molecular weight is 433 g/mol. The molecule has 1 N–H and O–H groups in total. The highest BCUT2D eigenvalue weighted by Gasteiger charge is 2.37. The van der Waals surface area contributed by atoms with Crippen LogP contribution in [0.1, 0.15) is 23.3 Å². The van der Waals surface area contributed by atoms with Gasteiger partial charge in [0.1, 0.15) is 29.2 Å². The van der Waals surface area contributed by atoms with Gasteiger partial charge in [0.05, 0.1) is 14.2 Å². The summed E-state index contributed by atoms with van der Waals surface area (Å²) in [6.45, 7) is 0. The third kappa shape index (κ3) is 3.96. The molecule has 0 spiro atoms. The smallest absolute Gasteiger partial charge is 0.453 e. The van der Waals surface area contributed by atoms with Crippen LogP contribution in [0.15, 0.2) is 42.7 Å². The average Bonchev–Trinajstić information content (AvgIpc) is 3.37. The number of ether oxygens (including phenoxy) is 2. The molecule has 4 aromatic rings. The number of anilines is 1. The predicted molar refractivity (Wildman–Crippen MR) is 104 cm³/mol. The number of benzene rings is 1. The molecule has 0 unspecified atom stereocenters. The Bertz CT molecular complexity index is 1200. The van der Waals surface area contributed by atoms with E-state index in [-0.39, 0.29) is 11.5 Å². The van der Waals surface area contributed by atoms with Crippen LogP contribution < -0.4 is 14.8 Å². The van der Waals surface area contributed by atoms with Crippen LogP contribution in [0.25, 0.3) is 5.65 Å². The van der Waals surface area contributed by atoms with Gasteiger partial charge in [-0.15, -0.1) is 15.3 Å². The maximum atomic E-state index is 13.2. The fourth-order valence-electron chi connectivity index (χ4n) is 3.14. The zero-order chi connectivity index (χ0) is 22.2. The van der Waals surface area contributed by atoms with Gasteiger partial charge in [-0.2, -0.15) is 17.7 Å². The number of fused-ring (bicyclic) bond motifs is 1. The lowest BCUT2D eigenvalue weighted by Gasteiger charge is -2.21. The second-order valence-electron chi connectivity index (χ2n) is 6.63. The molecule has 0 saturated heterocycles. The number of methoxy groups -OCH3 is 2.